The zero-order valence-corrected chi connectivity index (χ0v) is 13.2. The smallest absolute Gasteiger partial charge is 0.328 e. The molecule has 1 aliphatic carbocycles. The Morgan fingerprint density at radius 3 is 2.52 bits per heavy atom. The van der Waals surface area contributed by atoms with Crippen LogP contribution >= 0.6 is 0 Å². The summed E-state index contributed by atoms with van der Waals surface area (Å²) in [5.74, 6) is -0.910. The zero-order chi connectivity index (χ0) is 15.5. The fourth-order valence-electron chi connectivity index (χ4n) is 3.08. The SMILES string of the molecule is CN(c1ccccc1/C=C/C(=O)O)C1CCC(C)(C)CC1. The molecule has 0 atom stereocenters. The second-order valence-corrected chi connectivity index (χ2v) is 6.74. The van der Waals surface area contributed by atoms with E-state index in [4.69, 9.17) is 5.11 Å². The van der Waals surface area contributed by atoms with E-state index < -0.39 is 5.97 Å². The molecule has 3 heteroatoms. The van der Waals surface area contributed by atoms with Crippen molar-refractivity contribution in [2.24, 2.45) is 5.41 Å². The largest absolute Gasteiger partial charge is 0.478 e. The van der Waals surface area contributed by atoms with E-state index >= 15 is 0 Å². The standard InChI is InChI=1S/C18H25NO2/c1-18(2)12-10-15(11-13-18)19(3)16-7-5-4-6-14(16)8-9-17(20)21/h4-9,15H,10-13H2,1-3H3,(H,20,21)/b9-8+. The third-order valence-corrected chi connectivity index (χ3v) is 4.58. The van der Waals surface area contributed by atoms with Crippen LogP contribution in [0.4, 0.5) is 5.69 Å². The van der Waals surface area contributed by atoms with E-state index in [9.17, 15) is 4.79 Å². The molecular formula is C18H25NO2. The number of anilines is 1. The van der Waals surface area contributed by atoms with E-state index in [1.807, 2.05) is 18.2 Å². The first-order valence-corrected chi connectivity index (χ1v) is 7.62. The average molecular weight is 287 g/mol. The highest BCUT2D eigenvalue weighted by molar-refractivity contribution is 5.87. The lowest BCUT2D eigenvalue weighted by molar-refractivity contribution is -0.131. The van der Waals surface area contributed by atoms with Crippen LogP contribution in [0.2, 0.25) is 0 Å². The van der Waals surface area contributed by atoms with Crippen molar-refractivity contribution in [2.45, 2.75) is 45.6 Å². The van der Waals surface area contributed by atoms with Crippen LogP contribution in [0.3, 0.4) is 0 Å². The van der Waals surface area contributed by atoms with Crippen LogP contribution in [0, 0.1) is 5.41 Å². The number of hydrogen-bond donors (Lipinski definition) is 1. The molecule has 1 aromatic carbocycles. The Morgan fingerprint density at radius 2 is 1.90 bits per heavy atom. The number of carboxylic acids is 1. The van der Waals surface area contributed by atoms with Crippen molar-refractivity contribution in [2.75, 3.05) is 11.9 Å². The molecule has 1 N–H and O–H groups in total. The summed E-state index contributed by atoms with van der Waals surface area (Å²) >= 11 is 0. The van der Waals surface area contributed by atoms with Crippen LogP contribution in [-0.2, 0) is 4.79 Å². The number of para-hydroxylation sites is 1. The molecule has 1 aromatic rings. The molecule has 0 aromatic heterocycles. The normalized spacial score (nSPS) is 18.8. The zero-order valence-electron chi connectivity index (χ0n) is 13.2. The summed E-state index contributed by atoms with van der Waals surface area (Å²) in [5, 5.41) is 8.81. The summed E-state index contributed by atoms with van der Waals surface area (Å²) in [6.07, 6.45) is 7.77. The highest BCUT2D eigenvalue weighted by atomic mass is 16.4. The molecule has 21 heavy (non-hydrogen) atoms. The summed E-state index contributed by atoms with van der Waals surface area (Å²) in [4.78, 5) is 13.0. The maximum atomic E-state index is 10.7. The second kappa shape index (κ2) is 6.33. The Bertz CT molecular complexity index is 524. The Balaban J connectivity index is 2.16. The maximum Gasteiger partial charge on any atom is 0.328 e. The summed E-state index contributed by atoms with van der Waals surface area (Å²) in [7, 11) is 2.12. The van der Waals surface area contributed by atoms with Crippen LogP contribution in [0.1, 0.15) is 45.1 Å². The fraction of sp³-hybridized carbons (Fsp3) is 0.500. The average Bonchev–Trinajstić information content (AvgIpc) is 2.44. The van der Waals surface area contributed by atoms with Gasteiger partial charge in [0.15, 0.2) is 0 Å². The van der Waals surface area contributed by atoms with E-state index in [0.29, 0.717) is 11.5 Å². The molecular weight excluding hydrogens is 262 g/mol. The lowest BCUT2D eigenvalue weighted by Crippen LogP contribution is -2.37. The van der Waals surface area contributed by atoms with E-state index in [-0.39, 0.29) is 0 Å². The fourth-order valence-corrected chi connectivity index (χ4v) is 3.08. The molecule has 114 valence electrons. The van der Waals surface area contributed by atoms with Gasteiger partial charge in [0, 0.05) is 24.9 Å². The number of hydrogen-bond acceptors (Lipinski definition) is 2. The van der Waals surface area contributed by atoms with Crippen molar-refractivity contribution in [3.8, 4) is 0 Å². The Labute approximate surface area is 127 Å². The minimum atomic E-state index is -0.910. The van der Waals surface area contributed by atoms with Gasteiger partial charge in [0.2, 0.25) is 0 Å². The molecule has 2 rings (SSSR count). The Kier molecular flexibility index (Phi) is 4.71. The van der Waals surface area contributed by atoms with Gasteiger partial charge in [-0.3, -0.25) is 0 Å². The number of carboxylic acid groups (broad SMARTS) is 1. The third-order valence-electron chi connectivity index (χ3n) is 4.58. The minimum absolute atomic E-state index is 0.458. The molecule has 1 aliphatic rings. The molecule has 0 aliphatic heterocycles. The van der Waals surface area contributed by atoms with Crippen LogP contribution in [0.5, 0.6) is 0 Å². The Morgan fingerprint density at radius 1 is 1.29 bits per heavy atom. The minimum Gasteiger partial charge on any atom is -0.478 e. The summed E-state index contributed by atoms with van der Waals surface area (Å²) in [6.45, 7) is 4.68. The number of carbonyl (C=O) groups is 1. The first kappa shape index (κ1) is 15.6. The molecule has 0 bridgehead atoms. The highest BCUT2D eigenvalue weighted by Crippen LogP contribution is 2.38. The lowest BCUT2D eigenvalue weighted by Gasteiger charge is -2.40. The number of nitrogens with zero attached hydrogens (tertiary/aromatic N) is 1. The van der Waals surface area contributed by atoms with Gasteiger partial charge in [-0.15, -0.1) is 0 Å². The van der Waals surface area contributed by atoms with E-state index in [1.54, 1.807) is 6.08 Å². The predicted molar refractivity (Wildman–Crippen MR) is 87.6 cm³/mol. The van der Waals surface area contributed by atoms with Gasteiger partial charge in [-0.2, -0.15) is 0 Å². The first-order valence-electron chi connectivity index (χ1n) is 7.62. The number of rotatable bonds is 4. The van der Waals surface area contributed by atoms with E-state index in [2.05, 4.69) is 31.9 Å². The molecule has 0 unspecified atom stereocenters. The van der Waals surface area contributed by atoms with Crippen LogP contribution < -0.4 is 4.90 Å². The van der Waals surface area contributed by atoms with Gasteiger partial charge in [-0.1, -0.05) is 32.0 Å². The van der Waals surface area contributed by atoms with Crippen molar-refractivity contribution in [1.82, 2.24) is 0 Å². The van der Waals surface area contributed by atoms with Crippen molar-refractivity contribution >= 4 is 17.7 Å². The Hall–Kier alpha value is -1.77. The second-order valence-electron chi connectivity index (χ2n) is 6.74. The lowest BCUT2D eigenvalue weighted by atomic mass is 9.75. The molecule has 0 radical (unpaired) electrons. The molecule has 0 amide bonds. The van der Waals surface area contributed by atoms with E-state index in [1.165, 1.54) is 31.8 Å². The van der Waals surface area contributed by atoms with Gasteiger partial charge in [0.25, 0.3) is 0 Å². The van der Waals surface area contributed by atoms with Gasteiger partial charge < -0.3 is 10.0 Å². The first-order chi connectivity index (χ1) is 9.89. The van der Waals surface area contributed by atoms with Crippen molar-refractivity contribution in [3.63, 3.8) is 0 Å². The molecule has 0 spiro atoms. The number of aliphatic carboxylic acids is 1. The van der Waals surface area contributed by atoms with Gasteiger partial charge in [0.05, 0.1) is 0 Å². The van der Waals surface area contributed by atoms with Gasteiger partial charge in [-0.25, -0.2) is 4.79 Å². The third kappa shape index (κ3) is 4.10. The van der Waals surface area contributed by atoms with Crippen LogP contribution in [-0.4, -0.2) is 24.2 Å². The summed E-state index contributed by atoms with van der Waals surface area (Å²) in [6, 6.07) is 8.54. The highest BCUT2D eigenvalue weighted by Gasteiger charge is 2.29. The van der Waals surface area contributed by atoms with Crippen molar-refractivity contribution < 1.29 is 9.90 Å². The van der Waals surface area contributed by atoms with Crippen molar-refractivity contribution in [3.05, 3.63) is 35.9 Å². The van der Waals surface area contributed by atoms with Gasteiger partial charge in [-0.05, 0) is 48.8 Å². The van der Waals surface area contributed by atoms with Gasteiger partial charge in [0.1, 0.15) is 0 Å². The molecule has 1 saturated carbocycles. The summed E-state index contributed by atoms with van der Waals surface area (Å²) < 4.78 is 0. The monoisotopic (exact) mass is 287 g/mol. The molecule has 1 fully saturated rings. The summed E-state index contributed by atoms with van der Waals surface area (Å²) in [5.41, 5.74) is 2.53. The quantitative estimate of drug-likeness (QED) is 0.844. The molecule has 3 nitrogen and oxygen atoms in total. The molecule has 0 saturated heterocycles. The van der Waals surface area contributed by atoms with E-state index in [0.717, 1.165) is 11.3 Å². The molecule has 0 heterocycles. The topological polar surface area (TPSA) is 40.5 Å². The van der Waals surface area contributed by atoms with Crippen LogP contribution in [0.25, 0.3) is 6.08 Å². The number of benzene rings is 1. The van der Waals surface area contributed by atoms with Crippen LogP contribution in [0.15, 0.2) is 30.3 Å². The van der Waals surface area contributed by atoms with Gasteiger partial charge >= 0.3 is 5.97 Å². The van der Waals surface area contributed by atoms with Crippen molar-refractivity contribution in [1.29, 1.82) is 0 Å². The predicted octanol–water partition coefficient (Wildman–Crippen LogP) is 4.19. The maximum absolute atomic E-state index is 10.7.